The Morgan fingerprint density at radius 2 is 2.00 bits per heavy atom. The monoisotopic (exact) mass is 351 g/mol. The predicted molar refractivity (Wildman–Crippen MR) is 95.8 cm³/mol. The zero-order valence-electron chi connectivity index (χ0n) is 14.2. The van der Waals surface area contributed by atoms with Crippen molar-refractivity contribution in [3.05, 3.63) is 46.0 Å². The summed E-state index contributed by atoms with van der Waals surface area (Å²) in [6, 6.07) is 0. The largest absolute Gasteiger partial charge is 0.478 e. The molecule has 2 rings (SSSR count). The summed E-state index contributed by atoms with van der Waals surface area (Å²) in [6.07, 6.45) is 4.59. The van der Waals surface area contributed by atoms with Crippen LogP contribution in [-0.4, -0.2) is 25.8 Å². The number of pyridine rings is 1. The summed E-state index contributed by atoms with van der Waals surface area (Å²) in [5, 5.41) is 14.1. The minimum Gasteiger partial charge on any atom is -0.478 e. The topological polar surface area (TPSA) is 120 Å². The molecule has 2 aromatic heterocycles. The Morgan fingerprint density at radius 1 is 1.38 bits per heavy atom. The molecule has 2 aromatic rings. The highest BCUT2D eigenvalue weighted by molar-refractivity contribution is 6.38. The lowest BCUT2D eigenvalue weighted by Gasteiger charge is -2.04. The fourth-order valence-corrected chi connectivity index (χ4v) is 2.35. The molecule has 0 aliphatic rings. The van der Waals surface area contributed by atoms with Gasteiger partial charge >= 0.3 is 5.97 Å². The fourth-order valence-electron chi connectivity index (χ4n) is 2.00. The molecule has 0 saturated carbocycles. The molecule has 0 aliphatic heterocycles. The first-order chi connectivity index (χ1) is 11.3. The van der Waals surface area contributed by atoms with E-state index in [0.29, 0.717) is 34.7 Å². The predicted octanol–water partition coefficient (Wildman–Crippen LogP) is 2.82. The summed E-state index contributed by atoms with van der Waals surface area (Å²) < 4.78 is 1.58. The van der Waals surface area contributed by atoms with E-state index in [1.165, 1.54) is 6.20 Å². The molecule has 7 nitrogen and oxygen atoms in total. The van der Waals surface area contributed by atoms with Crippen molar-refractivity contribution in [3.8, 4) is 0 Å². The van der Waals surface area contributed by atoms with Gasteiger partial charge < -0.3 is 16.6 Å². The summed E-state index contributed by atoms with van der Waals surface area (Å²) in [6.45, 7) is 7.79. The minimum absolute atomic E-state index is 0.0537. The van der Waals surface area contributed by atoms with Crippen molar-refractivity contribution in [2.45, 2.75) is 34.2 Å². The maximum absolute atomic E-state index is 11.1. The van der Waals surface area contributed by atoms with E-state index in [1.54, 1.807) is 30.7 Å². The van der Waals surface area contributed by atoms with Crippen molar-refractivity contribution >= 4 is 28.6 Å². The molecule has 0 atom stereocenters. The zero-order valence-corrected chi connectivity index (χ0v) is 14.9. The van der Waals surface area contributed by atoms with E-state index in [2.05, 4.69) is 10.1 Å². The van der Waals surface area contributed by atoms with Gasteiger partial charge in [0.1, 0.15) is 0 Å². The summed E-state index contributed by atoms with van der Waals surface area (Å²) in [5.41, 5.74) is 13.7. The van der Waals surface area contributed by atoms with Crippen LogP contribution in [0.25, 0.3) is 11.0 Å². The number of nitrogens with two attached hydrogens (primary N) is 2. The molecule has 0 spiro atoms. The third kappa shape index (κ3) is 4.26. The average molecular weight is 352 g/mol. The molecule has 0 aromatic carbocycles. The second-order valence-electron chi connectivity index (χ2n) is 4.88. The molecule has 8 heteroatoms. The van der Waals surface area contributed by atoms with Gasteiger partial charge in [0.15, 0.2) is 5.65 Å². The molecule has 0 unspecified atom stereocenters. The Hall–Kier alpha value is -2.54. The molecule has 0 bridgehead atoms. The second-order valence-corrected chi connectivity index (χ2v) is 5.26. The second kappa shape index (κ2) is 8.35. The number of hydrogen-bond acceptors (Lipinski definition) is 5. The number of carboxylic acids is 1. The third-order valence-corrected chi connectivity index (χ3v) is 3.39. The third-order valence-electron chi connectivity index (χ3n) is 3.00. The lowest BCUT2D eigenvalue weighted by molar-refractivity contribution is 0.0697. The van der Waals surface area contributed by atoms with Crippen LogP contribution in [0.2, 0.25) is 5.02 Å². The molecule has 0 radical (unpaired) electrons. The van der Waals surface area contributed by atoms with Gasteiger partial charge in [-0.25, -0.2) is 14.5 Å². The van der Waals surface area contributed by atoms with Crippen LogP contribution in [0.3, 0.4) is 0 Å². The summed E-state index contributed by atoms with van der Waals surface area (Å²) in [5.74, 6) is -1.13. The van der Waals surface area contributed by atoms with Gasteiger partial charge in [-0.2, -0.15) is 5.10 Å². The molecule has 0 amide bonds. The summed E-state index contributed by atoms with van der Waals surface area (Å²) >= 11 is 6.15. The van der Waals surface area contributed by atoms with Crippen molar-refractivity contribution in [1.82, 2.24) is 14.8 Å². The van der Waals surface area contributed by atoms with Gasteiger partial charge in [0.25, 0.3) is 0 Å². The summed E-state index contributed by atoms with van der Waals surface area (Å²) in [7, 11) is 0. The quantitative estimate of drug-likeness (QED) is 0.728. The van der Waals surface area contributed by atoms with E-state index in [-0.39, 0.29) is 10.6 Å². The van der Waals surface area contributed by atoms with Crippen LogP contribution in [0.5, 0.6) is 0 Å². The number of aromatic nitrogens is 3. The van der Waals surface area contributed by atoms with Crippen LogP contribution < -0.4 is 11.5 Å². The Labute approximate surface area is 145 Å². The molecule has 0 aliphatic carbocycles. The number of nitrogens with zero attached hydrogens (tertiary/aromatic N) is 3. The molecular formula is C16H22ClN5O2. The van der Waals surface area contributed by atoms with Crippen molar-refractivity contribution in [3.63, 3.8) is 0 Å². The van der Waals surface area contributed by atoms with Crippen LogP contribution in [0.15, 0.2) is 29.7 Å². The maximum atomic E-state index is 11.1. The molecule has 5 N–H and O–H groups in total. The van der Waals surface area contributed by atoms with E-state index in [1.807, 2.05) is 13.8 Å². The molecule has 130 valence electrons. The van der Waals surface area contributed by atoms with Crippen molar-refractivity contribution in [2.24, 2.45) is 11.5 Å². The van der Waals surface area contributed by atoms with Gasteiger partial charge in [-0.05, 0) is 26.0 Å². The van der Waals surface area contributed by atoms with Gasteiger partial charge in [0, 0.05) is 17.6 Å². The van der Waals surface area contributed by atoms with Crippen LogP contribution in [0.4, 0.5) is 0 Å². The Morgan fingerprint density at radius 3 is 2.54 bits per heavy atom. The average Bonchev–Trinajstić information content (AvgIpc) is 2.84. The first-order valence-electron chi connectivity index (χ1n) is 7.44. The number of fused-ring (bicyclic) bond motifs is 1. The minimum atomic E-state index is -1.13. The first kappa shape index (κ1) is 19.5. The number of aromatic carboxylic acids is 1. The number of halogens is 1. The van der Waals surface area contributed by atoms with Crippen molar-refractivity contribution < 1.29 is 9.90 Å². The number of allylic oxidation sites excluding steroid dienone is 4. The Bertz CT molecular complexity index is 804. The van der Waals surface area contributed by atoms with Gasteiger partial charge in [0.2, 0.25) is 0 Å². The van der Waals surface area contributed by atoms with E-state index in [9.17, 15) is 4.79 Å². The van der Waals surface area contributed by atoms with Crippen molar-refractivity contribution in [2.75, 3.05) is 0 Å². The number of carboxylic acid groups (broad SMARTS) is 1. The van der Waals surface area contributed by atoms with Crippen LogP contribution in [-0.2, 0) is 6.54 Å². The van der Waals surface area contributed by atoms with Crippen LogP contribution in [0.1, 0.15) is 36.8 Å². The van der Waals surface area contributed by atoms with Gasteiger partial charge in [0.05, 0.1) is 28.2 Å². The van der Waals surface area contributed by atoms with E-state index in [0.717, 1.165) is 0 Å². The van der Waals surface area contributed by atoms with Gasteiger partial charge in [-0.15, -0.1) is 0 Å². The summed E-state index contributed by atoms with van der Waals surface area (Å²) in [4.78, 5) is 15.3. The number of carbonyl (C=O) groups is 1. The maximum Gasteiger partial charge on any atom is 0.338 e. The van der Waals surface area contributed by atoms with Gasteiger partial charge in [-0.1, -0.05) is 25.4 Å². The highest BCUT2D eigenvalue weighted by Gasteiger charge is 2.18. The SMILES string of the molecule is C/C(N)=C/C=C(\N)Cn1nc(C)c2c(Cl)c(C(=O)O)cnc21.CC. The molecule has 24 heavy (non-hydrogen) atoms. The standard InChI is InChI=1S/C14H16ClN5O2.C2H6/c1-7(16)3-4-9(17)6-20-13-11(8(2)19-20)12(15)10(5-18-13)14(21)22;1-2/h3-5H,6,16-17H2,1-2H3,(H,21,22);1-2H3/b7-3-,9-4-;. The molecule has 0 fully saturated rings. The molecule has 2 heterocycles. The lowest BCUT2D eigenvalue weighted by Crippen LogP contribution is -2.10. The lowest BCUT2D eigenvalue weighted by atomic mass is 10.2. The number of hydrogen-bond donors (Lipinski definition) is 3. The zero-order chi connectivity index (χ0) is 18.4. The highest BCUT2D eigenvalue weighted by atomic mass is 35.5. The van der Waals surface area contributed by atoms with Crippen LogP contribution in [0, 0.1) is 6.92 Å². The van der Waals surface area contributed by atoms with Crippen LogP contribution >= 0.6 is 11.6 Å². The van der Waals surface area contributed by atoms with Gasteiger partial charge in [-0.3, -0.25) is 0 Å². The Balaban J connectivity index is 0.00000139. The van der Waals surface area contributed by atoms with E-state index >= 15 is 0 Å². The fraction of sp³-hybridized carbons (Fsp3) is 0.312. The van der Waals surface area contributed by atoms with E-state index in [4.69, 9.17) is 28.2 Å². The highest BCUT2D eigenvalue weighted by Crippen LogP contribution is 2.28. The van der Waals surface area contributed by atoms with Crippen molar-refractivity contribution in [1.29, 1.82) is 0 Å². The molecule has 0 saturated heterocycles. The Kier molecular flexibility index (Phi) is 6.79. The van der Waals surface area contributed by atoms with E-state index < -0.39 is 5.97 Å². The molecular weight excluding hydrogens is 330 g/mol. The number of rotatable bonds is 4. The number of aryl methyl sites for hydroxylation is 1. The normalized spacial score (nSPS) is 12.0. The first-order valence-corrected chi connectivity index (χ1v) is 7.82. The smallest absolute Gasteiger partial charge is 0.338 e.